The van der Waals surface area contributed by atoms with E-state index in [1.807, 2.05) is 0 Å². The first-order chi connectivity index (χ1) is 9.78. The summed E-state index contributed by atoms with van der Waals surface area (Å²) in [5, 5.41) is 13.1. The van der Waals surface area contributed by atoms with E-state index in [2.05, 4.69) is 5.32 Å². The number of amides is 1. The van der Waals surface area contributed by atoms with Gasteiger partial charge in [0.1, 0.15) is 0 Å². The van der Waals surface area contributed by atoms with Crippen molar-refractivity contribution in [3.63, 3.8) is 0 Å². The number of rotatable bonds is 8. The predicted molar refractivity (Wildman–Crippen MR) is 68.8 cm³/mol. The zero-order valence-electron chi connectivity index (χ0n) is 11.2. The Labute approximate surface area is 122 Å². The highest BCUT2D eigenvalue weighted by Gasteiger charge is 2.13. The van der Waals surface area contributed by atoms with Crippen LogP contribution in [0.4, 0.5) is 0 Å². The molecule has 0 aliphatic heterocycles. The van der Waals surface area contributed by atoms with E-state index in [0.717, 1.165) is 5.56 Å². The van der Waals surface area contributed by atoms with Gasteiger partial charge in [0.25, 0.3) is 0 Å². The third kappa shape index (κ3) is 7.60. The molecular weight excluding hydrogens is 297 g/mol. The van der Waals surface area contributed by atoms with Crippen LogP contribution >= 0.6 is 7.60 Å². The first-order valence-corrected chi connectivity index (χ1v) is 8.06. The second-order valence-electron chi connectivity index (χ2n) is 4.58. The van der Waals surface area contributed by atoms with Crippen LogP contribution in [0.5, 0.6) is 0 Å². The van der Waals surface area contributed by atoms with E-state index in [0.29, 0.717) is 0 Å². The summed E-state index contributed by atoms with van der Waals surface area (Å²) in [5.74, 6) is -2.02. The summed E-state index contributed by atoms with van der Waals surface area (Å²) >= 11 is 0. The normalized spacial score (nSPS) is 12.7. The van der Waals surface area contributed by atoms with Crippen molar-refractivity contribution in [2.75, 3.05) is 6.16 Å². The highest BCUT2D eigenvalue weighted by atomic mass is 31.2. The van der Waals surface area contributed by atoms with Crippen molar-refractivity contribution in [2.45, 2.75) is 25.3 Å². The van der Waals surface area contributed by atoms with E-state index in [1.54, 1.807) is 30.3 Å². The van der Waals surface area contributed by atoms with Crippen molar-refractivity contribution >= 4 is 19.5 Å². The van der Waals surface area contributed by atoms with Crippen molar-refractivity contribution in [1.82, 2.24) is 5.32 Å². The number of hydrogen-bond donors (Lipinski definition) is 1. The van der Waals surface area contributed by atoms with Crippen LogP contribution in [0, 0.1) is 0 Å². The van der Waals surface area contributed by atoms with Crippen molar-refractivity contribution in [3.05, 3.63) is 35.9 Å². The Morgan fingerprint density at radius 1 is 1.19 bits per heavy atom. The lowest BCUT2D eigenvalue weighted by atomic mass is 10.1. The zero-order chi connectivity index (χ0) is 15.9. The lowest BCUT2D eigenvalue weighted by Crippen LogP contribution is -2.48. The zero-order valence-corrected chi connectivity index (χ0v) is 12.1. The van der Waals surface area contributed by atoms with Crippen LogP contribution in [0.1, 0.15) is 18.4 Å². The van der Waals surface area contributed by atoms with E-state index in [1.165, 1.54) is 0 Å². The Morgan fingerprint density at radius 3 is 2.33 bits per heavy atom. The second kappa shape index (κ2) is 7.93. The second-order valence-corrected chi connectivity index (χ2v) is 6.25. The van der Waals surface area contributed by atoms with Crippen LogP contribution in [-0.2, 0) is 20.6 Å². The Balaban J connectivity index is 2.48. The van der Waals surface area contributed by atoms with Gasteiger partial charge in [0.05, 0.1) is 18.4 Å². The summed E-state index contributed by atoms with van der Waals surface area (Å²) in [6.07, 6.45) is -0.955. The van der Waals surface area contributed by atoms with Crippen LogP contribution in [0.3, 0.4) is 0 Å². The monoisotopic (exact) mass is 312 g/mol. The molecule has 1 rings (SSSR count). The fourth-order valence-electron chi connectivity index (χ4n) is 1.76. The van der Waals surface area contributed by atoms with Gasteiger partial charge in [-0.25, -0.2) is 0 Å². The third-order valence-electron chi connectivity index (χ3n) is 2.75. The predicted octanol–water partition coefficient (Wildman–Crippen LogP) is -1.84. The average Bonchev–Trinajstić information content (AvgIpc) is 2.37. The summed E-state index contributed by atoms with van der Waals surface area (Å²) in [7, 11) is -4.67. The van der Waals surface area contributed by atoms with Crippen molar-refractivity contribution in [2.24, 2.45) is 0 Å². The molecule has 1 aromatic rings. The van der Waals surface area contributed by atoms with Crippen LogP contribution in [0.25, 0.3) is 0 Å². The lowest BCUT2D eigenvalue weighted by molar-refractivity contribution is -0.314. The Kier molecular flexibility index (Phi) is 6.55. The molecule has 116 valence electrons. The number of nitrogens with one attached hydrogen (secondary N) is 1. The van der Waals surface area contributed by atoms with Gasteiger partial charge in [-0.1, -0.05) is 37.9 Å². The van der Waals surface area contributed by atoms with E-state index < -0.39 is 31.7 Å². The Morgan fingerprint density at radius 2 is 1.81 bits per heavy atom. The van der Waals surface area contributed by atoms with Crippen LogP contribution in [0.15, 0.2) is 30.3 Å². The van der Waals surface area contributed by atoms with E-state index >= 15 is 0 Å². The molecule has 1 atom stereocenters. The number of benzene rings is 1. The highest BCUT2D eigenvalue weighted by Crippen LogP contribution is 2.24. The average molecular weight is 312 g/mol. The van der Waals surface area contributed by atoms with Gasteiger partial charge >= 0.3 is 0 Å². The maximum Gasteiger partial charge on any atom is 0.224 e. The quantitative estimate of drug-likeness (QED) is 0.561. The molecular formula is C13H15NO6P-3. The van der Waals surface area contributed by atoms with Crippen LogP contribution < -0.4 is 20.2 Å². The summed E-state index contributed by atoms with van der Waals surface area (Å²) in [5.41, 5.74) is 0.718. The van der Waals surface area contributed by atoms with Crippen molar-refractivity contribution < 1.29 is 29.0 Å². The minimum absolute atomic E-state index is 0.00617. The summed E-state index contributed by atoms with van der Waals surface area (Å²) in [6, 6.07) is 7.41. The van der Waals surface area contributed by atoms with Gasteiger partial charge in [0, 0.05) is 0 Å². The summed E-state index contributed by atoms with van der Waals surface area (Å²) in [4.78, 5) is 43.5. The van der Waals surface area contributed by atoms with Gasteiger partial charge in [-0.2, -0.15) is 0 Å². The molecule has 0 saturated heterocycles. The maximum atomic E-state index is 11.7. The van der Waals surface area contributed by atoms with Crippen molar-refractivity contribution in [1.29, 1.82) is 0 Å². The van der Waals surface area contributed by atoms with E-state index in [-0.39, 0.29) is 19.3 Å². The summed E-state index contributed by atoms with van der Waals surface area (Å²) < 4.78 is 10.5. The van der Waals surface area contributed by atoms with Gasteiger partial charge in [-0.15, -0.1) is 0 Å². The highest BCUT2D eigenvalue weighted by molar-refractivity contribution is 7.48. The van der Waals surface area contributed by atoms with Crippen molar-refractivity contribution in [3.8, 4) is 0 Å². The number of carboxylic acids is 1. The molecule has 0 aliphatic rings. The molecule has 0 radical (unpaired) electrons. The number of carbonyl (C=O) groups excluding carboxylic acids is 2. The molecule has 1 aromatic carbocycles. The SMILES string of the molecule is O=C(Cc1ccccc1)N[C@@H](CCCP(=O)([O-])[O-])C(=O)[O-]. The standard InChI is InChI=1S/C13H18NO6P/c15-12(9-10-5-2-1-3-6-10)14-11(13(16)17)7-4-8-21(18,19)20/h1-3,5-6,11H,4,7-9H2,(H,14,15)(H,16,17)(H2,18,19,20)/p-3/t11-/m0/s1. The molecule has 0 spiro atoms. The minimum Gasteiger partial charge on any atom is -0.811 e. The smallest absolute Gasteiger partial charge is 0.224 e. The first kappa shape index (κ1) is 17.4. The molecule has 0 saturated carbocycles. The molecule has 8 heteroatoms. The molecule has 0 heterocycles. The molecule has 0 fully saturated rings. The molecule has 21 heavy (non-hydrogen) atoms. The minimum atomic E-state index is -4.67. The molecule has 7 nitrogen and oxygen atoms in total. The number of aliphatic carboxylic acids is 1. The van der Waals surface area contributed by atoms with Gasteiger partial charge in [0.2, 0.25) is 5.91 Å². The third-order valence-corrected chi connectivity index (χ3v) is 3.62. The summed E-state index contributed by atoms with van der Waals surface area (Å²) in [6.45, 7) is 0. The molecule has 0 unspecified atom stereocenters. The largest absolute Gasteiger partial charge is 0.811 e. The number of carboxylic acid groups (broad SMARTS) is 1. The first-order valence-electron chi connectivity index (χ1n) is 6.33. The van der Waals surface area contributed by atoms with Gasteiger partial charge < -0.3 is 29.6 Å². The Hall–Kier alpha value is -1.69. The van der Waals surface area contributed by atoms with Gasteiger partial charge in [-0.3, -0.25) is 4.79 Å². The lowest BCUT2D eigenvalue weighted by Gasteiger charge is -2.30. The molecule has 0 aliphatic carbocycles. The molecule has 0 bridgehead atoms. The fraction of sp³-hybridized carbons (Fsp3) is 0.385. The molecule has 0 aromatic heterocycles. The van der Waals surface area contributed by atoms with E-state index in [9.17, 15) is 29.0 Å². The Bertz CT molecular complexity index is 527. The topological polar surface area (TPSA) is 132 Å². The van der Waals surface area contributed by atoms with Gasteiger partial charge in [-0.05, 0) is 24.6 Å². The van der Waals surface area contributed by atoms with Crippen LogP contribution in [0.2, 0.25) is 0 Å². The molecule has 1 N–H and O–H groups in total. The maximum absolute atomic E-state index is 11.7. The van der Waals surface area contributed by atoms with Gasteiger partial charge in [0.15, 0.2) is 0 Å². The number of hydrogen-bond acceptors (Lipinski definition) is 6. The van der Waals surface area contributed by atoms with Crippen LogP contribution in [-0.4, -0.2) is 24.1 Å². The number of carbonyl (C=O) groups is 2. The molecule has 1 amide bonds. The fourth-order valence-corrected chi connectivity index (χ4v) is 2.33. The van der Waals surface area contributed by atoms with E-state index in [4.69, 9.17) is 0 Å².